The zero-order chi connectivity index (χ0) is 19.8. The van der Waals surface area contributed by atoms with Crippen molar-refractivity contribution >= 4 is 45.7 Å². The van der Waals surface area contributed by atoms with Gasteiger partial charge in [0, 0.05) is 35.4 Å². The molecule has 0 unspecified atom stereocenters. The van der Waals surface area contributed by atoms with Crippen molar-refractivity contribution in [2.75, 3.05) is 7.11 Å². The van der Waals surface area contributed by atoms with Crippen molar-refractivity contribution in [3.8, 4) is 5.75 Å². The molecule has 0 saturated heterocycles. The third-order valence-electron chi connectivity index (χ3n) is 4.77. The Morgan fingerprint density at radius 3 is 2.57 bits per heavy atom. The van der Waals surface area contributed by atoms with E-state index in [4.69, 9.17) is 27.9 Å². The number of pyridine rings is 1. The van der Waals surface area contributed by atoms with E-state index in [2.05, 4.69) is 10.1 Å². The van der Waals surface area contributed by atoms with Crippen molar-refractivity contribution in [2.24, 2.45) is 5.10 Å². The summed E-state index contributed by atoms with van der Waals surface area (Å²) in [5.74, 6) is 0.559. The molecule has 1 aromatic heterocycles. The number of halogens is 2. The minimum Gasteiger partial charge on any atom is -0.497 e. The second kappa shape index (κ2) is 7.41. The molecule has 0 bridgehead atoms. The summed E-state index contributed by atoms with van der Waals surface area (Å²) in [5, 5.41) is 7.94. The van der Waals surface area contributed by atoms with Gasteiger partial charge in [-0.05, 0) is 35.9 Å². The Morgan fingerprint density at radius 1 is 1.14 bits per heavy atom. The van der Waals surface area contributed by atoms with Crippen LogP contribution >= 0.6 is 23.2 Å². The lowest BCUT2D eigenvalue weighted by atomic mass is 9.98. The predicted octanol–water partition coefficient (Wildman–Crippen LogP) is 5.25. The van der Waals surface area contributed by atoms with Crippen LogP contribution in [0.25, 0.3) is 10.9 Å². The molecular weight excluding hydrogens is 397 g/mol. The molecule has 2 heterocycles. The minimum atomic E-state index is -0.310. The molecule has 0 radical (unpaired) electrons. The van der Waals surface area contributed by atoms with Crippen LogP contribution in [0.15, 0.2) is 53.6 Å². The Labute approximate surface area is 172 Å². The van der Waals surface area contributed by atoms with Crippen molar-refractivity contribution in [1.82, 2.24) is 9.99 Å². The van der Waals surface area contributed by atoms with Gasteiger partial charge in [-0.3, -0.25) is 4.79 Å². The quantitative estimate of drug-likeness (QED) is 0.551. The molecule has 1 aliphatic rings. The van der Waals surface area contributed by atoms with Crippen molar-refractivity contribution in [3.63, 3.8) is 0 Å². The number of benzene rings is 2. The predicted molar refractivity (Wildman–Crippen MR) is 111 cm³/mol. The molecule has 0 fully saturated rings. The summed E-state index contributed by atoms with van der Waals surface area (Å²) in [5.41, 5.74) is 3.23. The van der Waals surface area contributed by atoms with Crippen LogP contribution in [0.3, 0.4) is 0 Å². The molecule has 2 aromatic carbocycles. The molecule has 0 saturated carbocycles. The maximum Gasteiger partial charge on any atom is 0.240 e. The van der Waals surface area contributed by atoms with E-state index in [0.29, 0.717) is 22.3 Å². The number of hydrogen-bond acceptors (Lipinski definition) is 4. The Balaban J connectivity index is 1.74. The summed E-state index contributed by atoms with van der Waals surface area (Å²) in [4.78, 5) is 16.7. The Bertz CT molecular complexity index is 1100. The highest BCUT2D eigenvalue weighted by molar-refractivity contribution is 6.31. The van der Waals surface area contributed by atoms with Crippen molar-refractivity contribution in [1.29, 1.82) is 0 Å². The standard InChI is InChI=1S/C21H17Cl2N3O2/c1-12(27)26-20(11-19(25-26)13-3-6-15(22)7-4-13)17-9-14-5-8-16(28-2)10-18(14)24-21(17)23/h3-10,20H,11H2,1-2H3/t20-/m0/s1. The summed E-state index contributed by atoms with van der Waals surface area (Å²) in [6.07, 6.45) is 0.546. The average Bonchev–Trinajstić information content (AvgIpc) is 3.13. The second-order valence-corrected chi connectivity index (χ2v) is 7.36. The van der Waals surface area contributed by atoms with Gasteiger partial charge in [-0.15, -0.1) is 0 Å². The smallest absolute Gasteiger partial charge is 0.240 e. The topological polar surface area (TPSA) is 54.8 Å². The fourth-order valence-electron chi connectivity index (χ4n) is 3.36. The first kappa shape index (κ1) is 18.7. The molecular formula is C21H17Cl2N3O2. The lowest BCUT2D eigenvalue weighted by molar-refractivity contribution is -0.130. The highest BCUT2D eigenvalue weighted by Gasteiger charge is 2.33. The number of ether oxygens (including phenoxy) is 1. The number of hydrazone groups is 1. The lowest BCUT2D eigenvalue weighted by Gasteiger charge is -2.21. The first-order valence-corrected chi connectivity index (χ1v) is 9.49. The number of fused-ring (bicyclic) bond motifs is 1. The number of methoxy groups -OCH3 is 1. The Kier molecular flexibility index (Phi) is 4.96. The molecule has 0 N–H and O–H groups in total. The summed E-state index contributed by atoms with van der Waals surface area (Å²) >= 11 is 12.5. The molecule has 7 heteroatoms. The Hall–Kier alpha value is -2.63. The van der Waals surface area contributed by atoms with Crippen LogP contribution in [-0.4, -0.2) is 28.7 Å². The van der Waals surface area contributed by atoms with Crippen LogP contribution in [0.2, 0.25) is 10.2 Å². The lowest BCUT2D eigenvalue weighted by Crippen LogP contribution is -2.24. The van der Waals surface area contributed by atoms with Crippen LogP contribution in [0, 0.1) is 0 Å². The van der Waals surface area contributed by atoms with Gasteiger partial charge >= 0.3 is 0 Å². The van der Waals surface area contributed by atoms with Crippen molar-refractivity contribution in [3.05, 3.63) is 69.8 Å². The van der Waals surface area contributed by atoms with Gasteiger partial charge in [0.2, 0.25) is 5.91 Å². The summed E-state index contributed by atoms with van der Waals surface area (Å²) in [6, 6.07) is 14.7. The fourth-order valence-corrected chi connectivity index (χ4v) is 3.76. The van der Waals surface area contributed by atoms with Crippen LogP contribution in [0.4, 0.5) is 0 Å². The molecule has 3 aromatic rings. The molecule has 4 rings (SSSR count). The van der Waals surface area contributed by atoms with Crippen LogP contribution in [-0.2, 0) is 4.79 Å². The van der Waals surface area contributed by atoms with Crippen LogP contribution < -0.4 is 4.74 Å². The van der Waals surface area contributed by atoms with E-state index in [1.54, 1.807) is 7.11 Å². The summed E-state index contributed by atoms with van der Waals surface area (Å²) in [7, 11) is 1.61. The van der Waals surface area contributed by atoms with Gasteiger partial charge in [0.25, 0.3) is 0 Å². The summed E-state index contributed by atoms with van der Waals surface area (Å²) < 4.78 is 5.25. The van der Waals surface area contributed by atoms with Crippen LogP contribution in [0.1, 0.15) is 30.5 Å². The van der Waals surface area contributed by atoms with Gasteiger partial charge in [0.1, 0.15) is 10.9 Å². The SMILES string of the molecule is COc1ccc2cc([C@@H]3CC(c4ccc(Cl)cc4)=NN3C(C)=O)c(Cl)nc2c1. The Morgan fingerprint density at radius 2 is 1.89 bits per heavy atom. The van der Waals surface area contributed by atoms with E-state index in [-0.39, 0.29) is 11.9 Å². The number of carbonyl (C=O) groups is 1. The van der Waals surface area contributed by atoms with E-state index in [1.807, 2.05) is 48.5 Å². The third-order valence-corrected chi connectivity index (χ3v) is 5.33. The van der Waals surface area contributed by atoms with E-state index < -0.39 is 0 Å². The van der Waals surface area contributed by atoms with E-state index in [9.17, 15) is 4.79 Å². The van der Waals surface area contributed by atoms with Crippen LogP contribution in [0.5, 0.6) is 5.75 Å². The van der Waals surface area contributed by atoms with E-state index >= 15 is 0 Å². The fraction of sp³-hybridized carbons (Fsp3) is 0.190. The average molecular weight is 414 g/mol. The van der Waals surface area contributed by atoms with Crippen molar-refractivity contribution < 1.29 is 9.53 Å². The second-order valence-electron chi connectivity index (χ2n) is 6.56. The molecule has 1 amide bonds. The minimum absolute atomic E-state index is 0.153. The molecule has 0 aliphatic carbocycles. The highest BCUT2D eigenvalue weighted by atomic mass is 35.5. The van der Waals surface area contributed by atoms with Gasteiger partial charge in [0.15, 0.2) is 0 Å². The molecule has 1 atom stereocenters. The number of aromatic nitrogens is 1. The largest absolute Gasteiger partial charge is 0.497 e. The maximum absolute atomic E-state index is 12.2. The van der Waals surface area contributed by atoms with Gasteiger partial charge in [0.05, 0.1) is 24.4 Å². The third kappa shape index (κ3) is 3.43. The maximum atomic E-state index is 12.2. The molecule has 0 spiro atoms. The number of hydrogen-bond donors (Lipinski definition) is 0. The zero-order valence-electron chi connectivity index (χ0n) is 15.3. The molecule has 1 aliphatic heterocycles. The van der Waals surface area contributed by atoms with E-state index in [0.717, 1.165) is 27.7 Å². The number of amides is 1. The van der Waals surface area contributed by atoms with Gasteiger partial charge < -0.3 is 4.74 Å². The zero-order valence-corrected chi connectivity index (χ0v) is 16.8. The molecule has 5 nitrogen and oxygen atoms in total. The van der Waals surface area contributed by atoms with Gasteiger partial charge in [-0.2, -0.15) is 5.10 Å². The first-order chi connectivity index (χ1) is 13.5. The van der Waals surface area contributed by atoms with E-state index in [1.165, 1.54) is 11.9 Å². The highest BCUT2D eigenvalue weighted by Crippen LogP contribution is 2.37. The normalized spacial score (nSPS) is 16.4. The molecule has 28 heavy (non-hydrogen) atoms. The van der Waals surface area contributed by atoms with Gasteiger partial charge in [-0.25, -0.2) is 9.99 Å². The monoisotopic (exact) mass is 413 g/mol. The van der Waals surface area contributed by atoms with Gasteiger partial charge in [-0.1, -0.05) is 35.3 Å². The summed E-state index contributed by atoms with van der Waals surface area (Å²) in [6.45, 7) is 1.49. The number of carbonyl (C=O) groups excluding carboxylic acids is 1. The molecule has 142 valence electrons. The first-order valence-electron chi connectivity index (χ1n) is 8.73. The number of nitrogens with zero attached hydrogens (tertiary/aromatic N) is 3. The number of rotatable bonds is 3. The van der Waals surface area contributed by atoms with Crippen molar-refractivity contribution in [2.45, 2.75) is 19.4 Å².